The first-order chi connectivity index (χ1) is 16.3. The van der Waals surface area contributed by atoms with E-state index in [-0.39, 0.29) is 6.29 Å². The lowest BCUT2D eigenvalue weighted by molar-refractivity contribution is -0.146. The van der Waals surface area contributed by atoms with Crippen LogP contribution in [0.1, 0.15) is 143 Å². The normalized spacial score (nSPS) is 11.8. The van der Waals surface area contributed by atoms with Gasteiger partial charge in [0.15, 0.2) is 13.1 Å². The number of rotatable bonds is 28. The van der Waals surface area contributed by atoms with E-state index in [9.17, 15) is 0 Å². The summed E-state index contributed by atoms with van der Waals surface area (Å²) in [5.74, 6) is 0. The zero-order chi connectivity index (χ0) is 24.1. The summed E-state index contributed by atoms with van der Waals surface area (Å²) >= 11 is 0. The molecule has 0 spiro atoms. The van der Waals surface area contributed by atoms with Gasteiger partial charge < -0.3 is 18.9 Å². The Morgan fingerprint density at radius 3 is 1.70 bits per heavy atom. The SMILES string of the molecule is CCCCCCCCCCOCOC=CCCCCCCCCCC(OCCC)OCCC. The summed E-state index contributed by atoms with van der Waals surface area (Å²) in [4.78, 5) is 0. The molecule has 0 aliphatic heterocycles. The molecule has 0 heterocycles. The van der Waals surface area contributed by atoms with Crippen molar-refractivity contribution in [3.8, 4) is 0 Å². The van der Waals surface area contributed by atoms with Crippen LogP contribution in [0.15, 0.2) is 12.3 Å². The Labute approximate surface area is 207 Å². The molecule has 33 heavy (non-hydrogen) atoms. The van der Waals surface area contributed by atoms with Crippen LogP contribution in [0.5, 0.6) is 0 Å². The summed E-state index contributed by atoms with van der Waals surface area (Å²) in [5.41, 5.74) is 0. The third-order valence-electron chi connectivity index (χ3n) is 5.81. The number of hydrogen-bond acceptors (Lipinski definition) is 4. The van der Waals surface area contributed by atoms with Crippen LogP contribution in [0.25, 0.3) is 0 Å². The molecule has 0 aromatic rings. The summed E-state index contributed by atoms with van der Waals surface area (Å²) in [6.07, 6.45) is 27.9. The minimum atomic E-state index is 0.00871. The minimum Gasteiger partial charge on any atom is -0.475 e. The number of hydrogen-bond donors (Lipinski definition) is 0. The smallest absolute Gasteiger partial charge is 0.188 e. The molecule has 0 rings (SSSR count). The van der Waals surface area contributed by atoms with Crippen molar-refractivity contribution in [3.05, 3.63) is 12.3 Å². The van der Waals surface area contributed by atoms with Crippen molar-refractivity contribution in [1.82, 2.24) is 0 Å². The van der Waals surface area contributed by atoms with Crippen molar-refractivity contribution < 1.29 is 18.9 Å². The van der Waals surface area contributed by atoms with Crippen LogP contribution in [0, 0.1) is 0 Å². The van der Waals surface area contributed by atoms with Gasteiger partial charge in [-0.2, -0.15) is 0 Å². The highest BCUT2D eigenvalue weighted by atomic mass is 16.7. The van der Waals surface area contributed by atoms with Crippen LogP contribution in [0.2, 0.25) is 0 Å². The molecule has 0 saturated heterocycles. The van der Waals surface area contributed by atoms with Crippen LogP contribution in [0.3, 0.4) is 0 Å². The lowest BCUT2D eigenvalue weighted by Gasteiger charge is -2.18. The minimum absolute atomic E-state index is 0.00871. The Hall–Kier alpha value is -0.580. The third kappa shape index (κ3) is 27.5. The Kier molecular flexibility index (Phi) is 28.9. The summed E-state index contributed by atoms with van der Waals surface area (Å²) < 4.78 is 22.5. The van der Waals surface area contributed by atoms with Gasteiger partial charge in [-0.1, -0.05) is 97.8 Å². The molecule has 0 N–H and O–H groups in total. The Morgan fingerprint density at radius 2 is 1.09 bits per heavy atom. The molecular formula is C29H58O4. The molecule has 198 valence electrons. The molecule has 0 amide bonds. The van der Waals surface area contributed by atoms with Crippen LogP contribution < -0.4 is 0 Å². The standard InChI is InChI=1S/C29H58O4/c1-4-7-8-9-10-15-18-21-26-30-28-31-27-22-19-16-13-11-12-14-17-20-23-29(32-24-5-2)33-25-6-3/h22,27,29H,4-21,23-26,28H2,1-3H3. The molecule has 0 aromatic heterocycles. The zero-order valence-corrected chi connectivity index (χ0v) is 22.6. The quantitative estimate of drug-likeness (QED) is 0.0648. The van der Waals surface area contributed by atoms with Crippen LogP contribution in [0.4, 0.5) is 0 Å². The van der Waals surface area contributed by atoms with E-state index in [1.807, 2.05) is 6.26 Å². The van der Waals surface area contributed by atoms with Crippen LogP contribution in [-0.4, -0.2) is 32.9 Å². The fourth-order valence-corrected chi connectivity index (χ4v) is 3.79. The first kappa shape index (κ1) is 32.4. The highest BCUT2D eigenvalue weighted by Gasteiger charge is 2.08. The van der Waals surface area contributed by atoms with E-state index in [1.54, 1.807) is 0 Å². The summed E-state index contributed by atoms with van der Waals surface area (Å²) in [6, 6.07) is 0. The molecular weight excluding hydrogens is 412 g/mol. The number of allylic oxidation sites excluding steroid dienone is 1. The summed E-state index contributed by atoms with van der Waals surface area (Å²) in [5, 5.41) is 0. The van der Waals surface area contributed by atoms with Gasteiger partial charge in [0.1, 0.15) is 0 Å². The molecule has 0 radical (unpaired) electrons. The predicted molar refractivity (Wildman–Crippen MR) is 141 cm³/mol. The van der Waals surface area contributed by atoms with Crippen LogP contribution >= 0.6 is 0 Å². The van der Waals surface area contributed by atoms with Gasteiger partial charge in [0.2, 0.25) is 0 Å². The van der Waals surface area contributed by atoms with E-state index in [1.165, 1.54) is 89.9 Å². The van der Waals surface area contributed by atoms with E-state index in [0.29, 0.717) is 6.79 Å². The molecule has 0 fully saturated rings. The maximum absolute atomic E-state index is 5.79. The molecule has 0 atom stereocenters. The second kappa shape index (κ2) is 29.5. The summed E-state index contributed by atoms with van der Waals surface area (Å²) in [7, 11) is 0. The van der Waals surface area contributed by atoms with Crippen LogP contribution in [-0.2, 0) is 18.9 Å². The first-order valence-electron chi connectivity index (χ1n) is 14.4. The van der Waals surface area contributed by atoms with Crippen molar-refractivity contribution >= 4 is 0 Å². The van der Waals surface area contributed by atoms with Gasteiger partial charge in [-0.15, -0.1) is 0 Å². The van der Waals surface area contributed by atoms with Crippen molar-refractivity contribution in [2.45, 2.75) is 149 Å². The van der Waals surface area contributed by atoms with Crippen molar-refractivity contribution in [2.75, 3.05) is 26.6 Å². The van der Waals surface area contributed by atoms with E-state index in [0.717, 1.165) is 51.9 Å². The van der Waals surface area contributed by atoms with Crippen molar-refractivity contribution in [3.63, 3.8) is 0 Å². The van der Waals surface area contributed by atoms with Crippen molar-refractivity contribution in [2.24, 2.45) is 0 Å². The molecule has 0 unspecified atom stereocenters. The first-order valence-corrected chi connectivity index (χ1v) is 14.4. The average Bonchev–Trinajstić information content (AvgIpc) is 2.83. The van der Waals surface area contributed by atoms with Gasteiger partial charge in [0.05, 0.1) is 12.9 Å². The van der Waals surface area contributed by atoms with Gasteiger partial charge in [0, 0.05) is 13.2 Å². The highest BCUT2D eigenvalue weighted by molar-refractivity contribution is 4.72. The second-order valence-electron chi connectivity index (χ2n) is 9.26. The lowest BCUT2D eigenvalue weighted by Crippen LogP contribution is -2.18. The maximum Gasteiger partial charge on any atom is 0.188 e. The van der Waals surface area contributed by atoms with Gasteiger partial charge in [-0.05, 0) is 51.0 Å². The molecule has 0 bridgehead atoms. The van der Waals surface area contributed by atoms with E-state index in [2.05, 4.69) is 26.8 Å². The topological polar surface area (TPSA) is 36.9 Å². The van der Waals surface area contributed by atoms with Gasteiger partial charge in [-0.3, -0.25) is 0 Å². The van der Waals surface area contributed by atoms with Crippen molar-refractivity contribution in [1.29, 1.82) is 0 Å². The van der Waals surface area contributed by atoms with E-state index < -0.39 is 0 Å². The fraction of sp³-hybridized carbons (Fsp3) is 0.931. The predicted octanol–water partition coefficient (Wildman–Crippen LogP) is 9.32. The maximum atomic E-state index is 5.79. The fourth-order valence-electron chi connectivity index (χ4n) is 3.79. The number of ether oxygens (including phenoxy) is 4. The number of unbranched alkanes of at least 4 members (excludes halogenated alkanes) is 14. The molecule has 0 aromatic carbocycles. The lowest BCUT2D eigenvalue weighted by atomic mass is 10.1. The van der Waals surface area contributed by atoms with Gasteiger partial charge in [0.25, 0.3) is 0 Å². The molecule has 4 nitrogen and oxygen atoms in total. The average molecular weight is 471 g/mol. The monoisotopic (exact) mass is 470 g/mol. The summed E-state index contributed by atoms with van der Waals surface area (Å²) in [6.45, 7) is 9.38. The van der Waals surface area contributed by atoms with Gasteiger partial charge >= 0.3 is 0 Å². The molecule has 0 aliphatic carbocycles. The Bertz CT molecular complexity index is 365. The molecule has 4 heteroatoms. The molecule has 0 saturated carbocycles. The largest absolute Gasteiger partial charge is 0.475 e. The van der Waals surface area contributed by atoms with E-state index >= 15 is 0 Å². The molecule has 0 aliphatic rings. The van der Waals surface area contributed by atoms with Gasteiger partial charge in [-0.25, -0.2) is 0 Å². The second-order valence-corrected chi connectivity index (χ2v) is 9.26. The Morgan fingerprint density at radius 1 is 0.545 bits per heavy atom. The third-order valence-corrected chi connectivity index (χ3v) is 5.81. The van der Waals surface area contributed by atoms with E-state index in [4.69, 9.17) is 18.9 Å². The highest BCUT2D eigenvalue weighted by Crippen LogP contribution is 2.13. The zero-order valence-electron chi connectivity index (χ0n) is 22.6. The Balaban J connectivity index is 3.27.